The molecule has 1 heterocycles. The molecule has 3 nitrogen and oxygen atoms in total. The molecule has 0 fully saturated rings. The van der Waals surface area contributed by atoms with Crippen molar-refractivity contribution in [3.63, 3.8) is 0 Å². The SMILES string of the molecule is CC(C)(O)C(C)(C)O[B]c1ccc(-n2c3ccccc3c3ccc(-c4ccccc4)cc32)cc1. The molecule has 0 aliphatic rings. The predicted octanol–water partition coefficient (Wildman–Crippen LogP) is 6.26. The van der Waals surface area contributed by atoms with Gasteiger partial charge in [-0.3, -0.25) is 0 Å². The first-order valence-electron chi connectivity index (χ1n) is 11.7. The molecule has 0 bridgehead atoms. The van der Waals surface area contributed by atoms with Gasteiger partial charge in [0.2, 0.25) is 0 Å². The van der Waals surface area contributed by atoms with Crippen LogP contribution in [0.2, 0.25) is 0 Å². The second-order valence-corrected chi connectivity index (χ2v) is 9.85. The zero-order valence-electron chi connectivity index (χ0n) is 20.1. The third-order valence-corrected chi connectivity index (χ3v) is 6.90. The molecule has 0 saturated carbocycles. The molecule has 0 aliphatic carbocycles. The smallest absolute Gasteiger partial charge is 0.330 e. The number of fused-ring (bicyclic) bond motifs is 3. The summed E-state index contributed by atoms with van der Waals surface area (Å²) in [6.45, 7) is 7.30. The van der Waals surface area contributed by atoms with Gasteiger partial charge in [0, 0.05) is 16.5 Å². The molecule has 169 valence electrons. The van der Waals surface area contributed by atoms with Crippen LogP contribution in [-0.2, 0) is 4.65 Å². The van der Waals surface area contributed by atoms with Crippen LogP contribution in [0.3, 0.4) is 0 Å². The van der Waals surface area contributed by atoms with Gasteiger partial charge in [0.15, 0.2) is 0 Å². The lowest BCUT2D eigenvalue weighted by molar-refractivity contribution is -0.0893. The highest BCUT2D eigenvalue weighted by Crippen LogP contribution is 2.34. The highest BCUT2D eigenvalue weighted by molar-refractivity contribution is 6.47. The Morgan fingerprint density at radius 2 is 1.32 bits per heavy atom. The van der Waals surface area contributed by atoms with Crippen LogP contribution in [-0.4, -0.2) is 28.4 Å². The molecule has 0 saturated heterocycles. The Hall–Kier alpha value is -3.34. The molecular weight excluding hydrogens is 417 g/mol. The van der Waals surface area contributed by atoms with E-state index < -0.39 is 11.2 Å². The summed E-state index contributed by atoms with van der Waals surface area (Å²) in [4.78, 5) is 0. The minimum absolute atomic E-state index is 0.702. The monoisotopic (exact) mass is 446 g/mol. The van der Waals surface area contributed by atoms with Crippen LogP contribution in [0.4, 0.5) is 0 Å². The Morgan fingerprint density at radius 3 is 2.03 bits per heavy atom. The lowest BCUT2D eigenvalue weighted by atomic mass is 9.82. The molecule has 1 aromatic heterocycles. The number of para-hydroxylation sites is 1. The first-order chi connectivity index (χ1) is 16.2. The largest absolute Gasteiger partial charge is 0.427 e. The van der Waals surface area contributed by atoms with Crippen LogP contribution in [0.1, 0.15) is 27.7 Å². The Labute approximate surface area is 201 Å². The highest BCUT2D eigenvalue weighted by Gasteiger charge is 2.35. The van der Waals surface area contributed by atoms with E-state index in [-0.39, 0.29) is 0 Å². The molecule has 5 aromatic rings. The van der Waals surface area contributed by atoms with Gasteiger partial charge < -0.3 is 14.3 Å². The van der Waals surface area contributed by atoms with Crippen LogP contribution >= 0.6 is 0 Å². The number of hydrogen-bond acceptors (Lipinski definition) is 2. The van der Waals surface area contributed by atoms with Crippen LogP contribution in [0.25, 0.3) is 38.6 Å². The van der Waals surface area contributed by atoms with Gasteiger partial charge in [0.05, 0.1) is 22.2 Å². The van der Waals surface area contributed by atoms with E-state index in [9.17, 15) is 5.11 Å². The molecule has 4 heteroatoms. The lowest BCUT2D eigenvalue weighted by Gasteiger charge is -2.37. The van der Waals surface area contributed by atoms with Gasteiger partial charge in [-0.1, -0.05) is 78.3 Å². The van der Waals surface area contributed by atoms with Gasteiger partial charge in [-0.25, -0.2) is 0 Å². The average molecular weight is 446 g/mol. The van der Waals surface area contributed by atoms with Crippen LogP contribution in [0.15, 0.2) is 97.1 Å². The maximum absolute atomic E-state index is 10.4. The highest BCUT2D eigenvalue weighted by atomic mass is 16.5. The van der Waals surface area contributed by atoms with Gasteiger partial charge in [-0.15, -0.1) is 0 Å². The van der Waals surface area contributed by atoms with E-state index in [1.807, 2.05) is 19.9 Å². The third-order valence-electron chi connectivity index (χ3n) is 6.90. The van der Waals surface area contributed by atoms with Crippen molar-refractivity contribution in [3.05, 3.63) is 97.1 Å². The summed E-state index contributed by atoms with van der Waals surface area (Å²) in [6.07, 6.45) is 0. The average Bonchev–Trinajstić information content (AvgIpc) is 3.17. The van der Waals surface area contributed by atoms with Gasteiger partial charge in [-0.05, 0) is 63.1 Å². The second-order valence-electron chi connectivity index (χ2n) is 9.85. The number of aromatic nitrogens is 1. The molecule has 0 unspecified atom stereocenters. The van der Waals surface area contributed by atoms with Crippen LogP contribution < -0.4 is 5.46 Å². The van der Waals surface area contributed by atoms with Crippen molar-refractivity contribution in [2.24, 2.45) is 0 Å². The normalized spacial score (nSPS) is 12.4. The summed E-state index contributed by atoms with van der Waals surface area (Å²) >= 11 is 0. The number of benzene rings is 4. The molecule has 0 atom stereocenters. The summed E-state index contributed by atoms with van der Waals surface area (Å²) < 4.78 is 8.26. The quantitative estimate of drug-likeness (QED) is 0.313. The summed E-state index contributed by atoms with van der Waals surface area (Å²) in [5, 5.41) is 12.8. The number of hydrogen-bond donors (Lipinski definition) is 1. The van der Waals surface area contributed by atoms with Gasteiger partial charge >= 0.3 is 7.48 Å². The van der Waals surface area contributed by atoms with Crippen molar-refractivity contribution in [2.45, 2.75) is 38.9 Å². The van der Waals surface area contributed by atoms with Crippen molar-refractivity contribution in [1.82, 2.24) is 4.57 Å². The standard InChI is InChI=1S/C30H29BNO2/c1-29(2,33)30(3,4)34-31-23-15-17-24(18-16-23)32-27-13-9-8-12-25(27)26-19-14-22(20-28(26)32)21-10-6-5-7-11-21/h5-20,33H,1-4H3. The Kier molecular flexibility index (Phi) is 5.59. The molecule has 0 amide bonds. The molecule has 1 N–H and O–H groups in total. The second kappa shape index (κ2) is 8.46. The summed E-state index contributed by atoms with van der Waals surface area (Å²) in [5.74, 6) is 0. The van der Waals surface area contributed by atoms with Gasteiger partial charge in [-0.2, -0.15) is 0 Å². The molecule has 5 rings (SSSR count). The van der Waals surface area contributed by atoms with E-state index in [1.165, 1.54) is 32.9 Å². The van der Waals surface area contributed by atoms with E-state index in [4.69, 9.17) is 4.65 Å². The Bertz CT molecular complexity index is 1450. The topological polar surface area (TPSA) is 34.4 Å². The van der Waals surface area contributed by atoms with E-state index >= 15 is 0 Å². The van der Waals surface area contributed by atoms with Crippen molar-refractivity contribution in [1.29, 1.82) is 0 Å². The maximum Gasteiger partial charge on any atom is 0.330 e. The van der Waals surface area contributed by atoms with Crippen LogP contribution in [0.5, 0.6) is 0 Å². The molecule has 4 aromatic carbocycles. The molecule has 0 spiro atoms. The fourth-order valence-corrected chi connectivity index (χ4v) is 4.12. The fourth-order valence-electron chi connectivity index (χ4n) is 4.12. The molecular formula is C30H29BNO2. The minimum atomic E-state index is -0.955. The van der Waals surface area contributed by atoms with Gasteiger partial charge in [0.25, 0.3) is 0 Å². The van der Waals surface area contributed by atoms with E-state index in [2.05, 4.69) is 95.6 Å². The number of rotatable bonds is 6. The maximum atomic E-state index is 10.4. The molecule has 0 aliphatic heterocycles. The lowest BCUT2D eigenvalue weighted by Crippen LogP contribution is -2.49. The summed E-state index contributed by atoms with van der Waals surface area (Å²) in [6, 6.07) is 34.1. The van der Waals surface area contributed by atoms with Crippen molar-refractivity contribution in [2.75, 3.05) is 0 Å². The summed E-state index contributed by atoms with van der Waals surface area (Å²) in [7, 11) is 1.72. The minimum Gasteiger partial charge on any atom is -0.427 e. The van der Waals surface area contributed by atoms with E-state index in [0.29, 0.717) is 0 Å². The zero-order chi connectivity index (χ0) is 23.9. The van der Waals surface area contributed by atoms with Crippen LogP contribution in [0, 0.1) is 0 Å². The first-order valence-corrected chi connectivity index (χ1v) is 11.7. The van der Waals surface area contributed by atoms with Crippen molar-refractivity contribution < 1.29 is 9.76 Å². The fraction of sp³-hybridized carbons (Fsp3) is 0.200. The Balaban J connectivity index is 1.56. The molecule has 34 heavy (non-hydrogen) atoms. The number of aliphatic hydroxyl groups is 1. The zero-order valence-corrected chi connectivity index (χ0v) is 20.1. The Morgan fingerprint density at radius 1 is 0.676 bits per heavy atom. The summed E-state index contributed by atoms with van der Waals surface area (Å²) in [5.41, 5.74) is 5.15. The van der Waals surface area contributed by atoms with Crippen molar-refractivity contribution >= 4 is 34.8 Å². The van der Waals surface area contributed by atoms with Crippen molar-refractivity contribution in [3.8, 4) is 16.8 Å². The van der Waals surface area contributed by atoms with Gasteiger partial charge in [0.1, 0.15) is 0 Å². The first kappa shape index (κ1) is 22.5. The van der Waals surface area contributed by atoms with E-state index in [0.717, 1.165) is 11.2 Å². The van der Waals surface area contributed by atoms with E-state index in [1.54, 1.807) is 21.3 Å². The predicted molar refractivity (Wildman–Crippen MR) is 143 cm³/mol. The number of nitrogens with zero attached hydrogens (tertiary/aromatic N) is 1. The molecule has 1 radical (unpaired) electrons. The third kappa shape index (κ3) is 4.04.